The maximum atomic E-state index is 12.2. The molecule has 3 amide bonds. The van der Waals surface area contributed by atoms with Crippen molar-refractivity contribution < 1.29 is 14.4 Å². The molecule has 0 aliphatic rings. The van der Waals surface area contributed by atoms with Gasteiger partial charge in [0.2, 0.25) is 5.91 Å². The van der Waals surface area contributed by atoms with E-state index in [2.05, 4.69) is 16.2 Å². The highest BCUT2D eigenvalue weighted by Crippen LogP contribution is 2.24. The number of benzene rings is 2. The highest BCUT2D eigenvalue weighted by Gasteiger charge is 2.09. The molecule has 0 unspecified atom stereocenters. The van der Waals surface area contributed by atoms with Crippen LogP contribution in [0.4, 0.5) is 0 Å². The molecule has 0 atom stereocenters. The SMILES string of the molecule is O=C(CCCNC(=O)c1ccsc1)NNC(=O)c1ccc(CSc2ccc(Cl)cc2)cc1. The number of halogens is 1. The van der Waals surface area contributed by atoms with Crippen molar-refractivity contribution in [1.82, 2.24) is 16.2 Å². The number of hydrazine groups is 1. The number of nitrogens with one attached hydrogen (secondary N) is 3. The fourth-order valence-electron chi connectivity index (χ4n) is 2.66. The second-order valence-corrected chi connectivity index (χ2v) is 9.08. The zero-order chi connectivity index (χ0) is 22.8. The smallest absolute Gasteiger partial charge is 0.269 e. The van der Waals surface area contributed by atoms with Crippen molar-refractivity contribution in [3.05, 3.63) is 87.1 Å². The average molecular weight is 488 g/mol. The van der Waals surface area contributed by atoms with Crippen LogP contribution >= 0.6 is 34.7 Å². The summed E-state index contributed by atoms with van der Waals surface area (Å²) in [6, 6.07) is 16.6. The number of carbonyl (C=O) groups excluding carboxylic acids is 3. The first-order chi connectivity index (χ1) is 15.5. The number of thiophene rings is 1. The first-order valence-electron chi connectivity index (χ1n) is 9.88. The molecule has 0 bridgehead atoms. The molecule has 3 N–H and O–H groups in total. The maximum absolute atomic E-state index is 12.2. The fourth-order valence-corrected chi connectivity index (χ4v) is 4.27. The Bertz CT molecular complexity index is 1040. The van der Waals surface area contributed by atoms with Gasteiger partial charge in [-0.05, 0) is 59.8 Å². The predicted molar refractivity (Wildman–Crippen MR) is 129 cm³/mol. The summed E-state index contributed by atoms with van der Waals surface area (Å²) >= 11 is 9.02. The summed E-state index contributed by atoms with van der Waals surface area (Å²) in [5.41, 5.74) is 6.95. The van der Waals surface area contributed by atoms with Gasteiger partial charge in [0.1, 0.15) is 0 Å². The van der Waals surface area contributed by atoms with E-state index in [1.165, 1.54) is 11.3 Å². The highest BCUT2D eigenvalue weighted by molar-refractivity contribution is 7.98. The molecule has 32 heavy (non-hydrogen) atoms. The Morgan fingerprint density at radius 3 is 2.31 bits per heavy atom. The molecule has 3 rings (SSSR count). The third-order valence-corrected chi connectivity index (χ3v) is 6.42. The lowest BCUT2D eigenvalue weighted by Crippen LogP contribution is -2.41. The van der Waals surface area contributed by atoms with Gasteiger partial charge in [-0.2, -0.15) is 11.3 Å². The Morgan fingerprint density at radius 1 is 0.875 bits per heavy atom. The van der Waals surface area contributed by atoms with E-state index in [1.807, 2.05) is 41.8 Å². The summed E-state index contributed by atoms with van der Waals surface area (Å²) in [6.45, 7) is 0.380. The first kappa shape index (κ1) is 23.8. The Kier molecular flexibility index (Phi) is 9.15. The van der Waals surface area contributed by atoms with Crippen molar-refractivity contribution in [2.75, 3.05) is 6.54 Å². The molecule has 3 aromatic rings. The summed E-state index contributed by atoms with van der Waals surface area (Å²) in [5.74, 6) is -0.0986. The number of thioether (sulfide) groups is 1. The number of hydrogen-bond acceptors (Lipinski definition) is 5. The molecule has 0 aliphatic carbocycles. The third kappa shape index (κ3) is 7.71. The summed E-state index contributed by atoms with van der Waals surface area (Å²) in [6.07, 6.45) is 0.655. The van der Waals surface area contributed by atoms with Gasteiger partial charge < -0.3 is 5.32 Å². The van der Waals surface area contributed by atoms with Crippen LogP contribution in [-0.4, -0.2) is 24.3 Å². The van der Waals surface area contributed by atoms with Crippen molar-refractivity contribution in [3.8, 4) is 0 Å². The Morgan fingerprint density at radius 2 is 1.62 bits per heavy atom. The zero-order valence-corrected chi connectivity index (χ0v) is 19.5. The third-order valence-electron chi connectivity index (χ3n) is 4.40. The Labute approximate surface area is 199 Å². The zero-order valence-electron chi connectivity index (χ0n) is 17.1. The van der Waals surface area contributed by atoms with Crippen molar-refractivity contribution in [2.45, 2.75) is 23.5 Å². The summed E-state index contributed by atoms with van der Waals surface area (Å²) in [7, 11) is 0. The van der Waals surface area contributed by atoms with Crippen molar-refractivity contribution in [1.29, 1.82) is 0 Å². The second-order valence-electron chi connectivity index (χ2n) is 6.81. The van der Waals surface area contributed by atoms with Gasteiger partial charge >= 0.3 is 0 Å². The number of carbonyl (C=O) groups is 3. The summed E-state index contributed by atoms with van der Waals surface area (Å²) in [4.78, 5) is 37.0. The lowest BCUT2D eigenvalue weighted by molar-refractivity contribution is -0.121. The molecule has 0 saturated carbocycles. The van der Waals surface area contributed by atoms with Crippen LogP contribution < -0.4 is 16.2 Å². The van der Waals surface area contributed by atoms with E-state index in [0.717, 1.165) is 16.2 Å². The monoisotopic (exact) mass is 487 g/mol. The maximum Gasteiger partial charge on any atom is 0.269 e. The van der Waals surface area contributed by atoms with Crippen LogP contribution in [0.15, 0.2) is 70.3 Å². The van der Waals surface area contributed by atoms with E-state index >= 15 is 0 Å². The molecular weight excluding hydrogens is 466 g/mol. The Hall–Kier alpha value is -2.81. The van der Waals surface area contributed by atoms with E-state index in [4.69, 9.17) is 11.6 Å². The standard InChI is InChI=1S/C23H22ClN3O3S2/c24-19-7-9-20(10-8-19)32-14-16-3-5-17(6-4-16)23(30)27-26-21(28)2-1-12-25-22(29)18-11-13-31-15-18/h3-11,13,15H,1-2,12,14H2,(H,25,29)(H,26,28)(H,27,30). The van der Waals surface area contributed by atoms with Gasteiger partial charge in [-0.25, -0.2) is 0 Å². The van der Waals surface area contributed by atoms with Crippen LogP contribution in [0.5, 0.6) is 0 Å². The van der Waals surface area contributed by atoms with Crippen LogP contribution in [0.3, 0.4) is 0 Å². The number of rotatable bonds is 9. The van der Waals surface area contributed by atoms with Crippen molar-refractivity contribution in [2.24, 2.45) is 0 Å². The molecule has 0 fully saturated rings. The molecule has 166 valence electrons. The molecule has 0 radical (unpaired) electrons. The normalized spacial score (nSPS) is 10.4. The van der Waals surface area contributed by atoms with Crippen molar-refractivity contribution >= 4 is 52.4 Å². The quantitative estimate of drug-likeness (QED) is 0.232. The summed E-state index contributed by atoms with van der Waals surface area (Å²) in [5, 5.41) is 7.06. The molecule has 2 aromatic carbocycles. The van der Waals surface area contributed by atoms with Gasteiger partial charge in [0, 0.05) is 45.1 Å². The topological polar surface area (TPSA) is 87.3 Å². The van der Waals surface area contributed by atoms with Gasteiger partial charge in [0.05, 0.1) is 0 Å². The van der Waals surface area contributed by atoms with E-state index < -0.39 is 0 Å². The van der Waals surface area contributed by atoms with E-state index in [-0.39, 0.29) is 24.1 Å². The van der Waals surface area contributed by atoms with Crippen molar-refractivity contribution in [3.63, 3.8) is 0 Å². The molecule has 1 aromatic heterocycles. The second kappa shape index (κ2) is 12.3. The molecule has 9 heteroatoms. The van der Waals surface area contributed by atoms with E-state index in [0.29, 0.717) is 29.1 Å². The molecule has 0 saturated heterocycles. The highest BCUT2D eigenvalue weighted by atomic mass is 35.5. The van der Waals surface area contributed by atoms with E-state index in [1.54, 1.807) is 35.3 Å². The summed E-state index contributed by atoms with van der Waals surface area (Å²) < 4.78 is 0. The van der Waals surface area contributed by atoms with Crippen LogP contribution in [0.2, 0.25) is 5.02 Å². The van der Waals surface area contributed by atoms with Gasteiger partial charge in [-0.3, -0.25) is 25.2 Å². The van der Waals surface area contributed by atoms with Crippen LogP contribution in [0, 0.1) is 0 Å². The average Bonchev–Trinajstić information content (AvgIpc) is 3.35. The lowest BCUT2D eigenvalue weighted by Gasteiger charge is -2.08. The predicted octanol–water partition coefficient (Wildman–Crippen LogP) is 4.67. The molecule has 0 spiro atoms. The van der Waals surface area contributed by atoms with Gasteiger partial charge in [0.15, 0.2) is 0 Å². The van der Waals surface area contributed by atoms with Crippen LogP contribution in [0.1, 0.15) is 39.1 Å². The largest absolute Gasteiger partial charge is 0.352 e. The van der Waals surface area contributed by atoms with E-state index in [9.17, 15) is 14.4 Å². The Balaban J connectivity index is 1.33. The van der Waals surface area contributed by atoms with Gasteiger partial charge in [-0.1, -0.05) is 23.7 Å². The van der Waals surface area contributed by atoms with Gasteiger partial charge in [-0.15, -0.1) is 11.8 Å². The first-order valence-corrected chi connectivity index (χ1v) is 12.2. The molecule has 6 nitrogen and oxygen atoms in total. The minimum Gasteiger partial charge on any atom is -0.352 e. The molecule has 0 aliphatic heterocycles. The molecular formula is C23H22ClN3O3S2. The molecule has 1 heterocycles. The fraction of sp³-hybridized carbons (Fsp3) is 0.174. The van der Waals surface area contributed by atoms with Gasteiger partial charge in [0.25, 0.3) is 11.8 Å². The number of amides is 3. The minimum absolute atomic E-state index is 0.157. The lowest BCUT2D eigenvalue weighted by atomic mass is 10.1. The van der Waals surface area contributed by atoms with Crippen LogP contribution in [-0.2, 0) is 10.5 Å². The van der Waals surface area contributed by atoms with Crippen LogP contribution in [0.25, 0.3) is 0 Å². The minimum atomic E-state index is -0.388. The number of hydrogen-bond donors (Lipinski definition) is 3.